The van der Waals surface area contributed by atoms with Gasteiger partial charge in [-0.1, -0.05) is 18.2 Å². The minimum absolute atomic E-state index is 0.0578. The molecule has 1 aromatic rings. The monoisotopic (exact) mass is 259 g/mol. The Morgan fingerprint density at radius 2 is 1.94 bits per heavy atom. The van der Waals surface area contributed by atoms with Crippen molar-refractivity contribution in [3.63, 3.8) is 0 Å². The van der Waals surface area contributed by atoms with Gasteiger partial charge in [0.15, 0.2) is 0 Å². The van der Waals surface area contributed by atoms with Crippen LogP contribution in [0.4, 0.5) is 13.2 Å². The van der Waals surface area contributed by atoms with Crippen molar-refractivity contribution >= 4 is 5.97 Å². The average molecular weight is 259 g/mol. The summed E-state index contributed by atoms with van der Waals surface area (Å²) >= 11 is 0. The number of alkyl halides is 3. The Bertz CT molecular complexity index is 459. The number of halogens is 3. The van der Waals surface area contributed by atoms with Crippen LogP contribution in [-0.2, 0) is 11.0 Å². The smallest absolute Gasteiger partial charge is 0.416 e. The topological polar surface area (TPSA) is 49.3 Å². The molecular weight excluding hydrogens is 247 g/mol. The number of nitrogens with one attached hydrogen (secondary N) is 1. The third-order valence-electron chi connectivity index (χ3n) is 3.20. The lowest BCUT2D eigenvalue weighted by Crippen LogP contribution is -2.23. The molecule has 0 aliphatic carbocycles. The zero-order chi connectivity index (χ0) is 13.3. The van der Waals surface area contributed by atoms with Crippen molar-refractivity contribution in [2.24, 2.45) is 5.92 Å². The first-order valence-corrected chi connectivity index (χ1v) is 5.51. The van der Waals surface area contributed by atoms with E-state index in [0.29, 0.717) is 0 Å². The minimum Gasteiger partial charge on any atom is -0.481 e. The van der Waals surface area contributed by atoms with E-state index >= 15 is 0 Å². The molecule has 0 spiro atoms. The van der Waals surface area contributed by atoms with Gasteiger partial charge in [0.25, 0.3) is 0 Å². The summed E-state index contributed by atoms with van der Waals surface area (Å²) in [5, 5.41) is 11.9. The van der Waals surface area contributed by atoms with Gasteiger partial charge < -0.3 is 10.4 Å². The Morgan fingerprint density at radius 1 is 1.28 bits per heavy atom. The standard InChI is InChI=1S/C12H12F3NO2/c13-12(14,15)10-4-2-1-3-7(10)8-5-16-6-9(8)11(17)18/h1-4,8-9,16H,5-6H2,(H,17,18)/t8-,9+/m0/s1. The zero-order valence-electron chi connectivity index (χ0n) is 9.37. The van der Waals surface area contributed by atoms with Crippen molar-refractivity contribution in [3.8, 4) is 0 Å². The Balaban J connectivity index is 2.42. The molecule has 1 aliphatic rings. The van der Waals surface area contributed by atoms with Gasteiger partial charge in [-0.05, 0) is 11.6 Å². The lowest BCUT2D eigenvalue weighted by Gasteiger charge is -2.20. The van der Waals surface area contributed by atoms with E-state index < -0.39 is 29.5 Å². The van der Waals surface area contributed by atoms with E-state index in [-0.39, 0.29) is 18.7 Å². The predicted molar refractivity (Wildman–Crippen MR) is 58.2 cm³/mol. The van der Waals surface area contributed by atoms with Crippen LogP contribution in [0.5, 0.6) is 0 Å². The molecule has 2 N–H and O–H groups in total. The fourth-order valence-electron chi connectivity index (χ4n) is 2.34. The van der Waals surface area contributed by atoms with Gasteiger partial charge in [0.2, 0.25) is 0 Å². The summed E-state index contributed by atoms with van der Waals surface area (Å²) in [6.07, 6.45) is -4.46. The Labute approximate surface area is 102 Å². The number of carboxylic acids is 1. The second-order valence-corrected chi connectivity index (χ2v) is 4.29. The van der Waals surface area contributed by atoms with Gasteiger partial charge in [-0.3, -0.25) is 4.79 Å². The molecule has 1 aromatic carbocycles. The van der Waals surface area contributed by atoms with E-state index in [0.717, 1.165) is 6.07 Å². The van der Waals surface area contributed by atoms with Crippen LogP contribution in [0.1, 0.15) is 17.0 Å². The van der Waals surface area contributed by atoms with Crippen LogP contribution >= 0.6 is 0 Å². The number of carbonyl (C=O) groups is 1. The highest BCUT2D eigenvalue weighted by atomic mass is 19.4. The molecule has 2 rings (SSSR count). The highest BCUT2D eigenvalue weighted by molar-refractivity contribution is 5.72. The third kappa shape index (κ3) is 2.33. The van der Waals surface area contributed by atoms with Crippen molar-refractivity contribution in [2.75, 3.05) is 13.1 Å². The van der Waals surface area contributed by atoms with Crippen LogP contribution in [0.25, 0.3) is 0 Å². The number of hydrogen-bond donors (Lipinski definition) is 2. The van der Waals surface area contributed by atoms with Crippen molar-refractivity contribution in [1.82, 2.24) is 5.32 Å². The minimum atomic E-state index is -4.46. The Hall–Kier alpha value is -1.56. The third-order valence-corrected chi connectivity index (χ3v) is 3.20. The fourth-order valence-corrected chi connectivity index (χ4v) is 2.34. The first kappa shape index (κ1) is 12.9. The van der Waals surface area contributed by atoms with Crippen LogP contribution in [0.3, 0.4) is 0 Å². The van der Waals surface area contributed by atoms with E-state index in [1.54, 1.807) is 0 Å². The quantitative estimate of drug-likeness (QED) is 0.855. The summed E-state index contributed by atoms with van der Waals surface area (Å²) in [4.78, 5) is 11.0. The first-order valence-electron chi connectivity index (χ1n) is 5.51. The van der Waals surface area contributed by atoms with Crippen molar-refractivity contribution in [2.45, 2.75) is 12.1 Å². The molecule has 0 saturated carbocycles. The van der Waals surface area contributed by atoms with Crippen molar-refractivity contribution in [3.05, 3.63) is 35.4 Å². The van der Waals surface area contributed by atoms with Gasteiger partial charge in [-0.25, -0.2) is 0 Å². The van der Waals surface area contributed by atoms with Crippen molar-refractivity contribution < 1.29 is 23.1 Å². The lowest BCUT2D eigenvalue weighted by molar-refractivity contribution is -0.143. The SMILES string of the molecule is O=C(O)[C@@H]1CNC[C@H]1c1ccccc1C(F)(F)F. The van der Waals surface area contributed by atoms with Crippen molar-refractivity contribution in [1.29, 1.82) is 0 Å². The number of aliphatic carboxylic acids is 1. The van der Waals surface area contributed by atoms with E-state index in [2.05, 4.69) is 5.32 Å². The molecule has 0 radical (unpaired) electrons. The van der Waals surface area contributed by atoms with Gasteiger partial charge in [-0.15, -0.1) is 0 Å². The van der Waals surface area contributed by atoms with Crippen LogP contribution in [-0.4, -0.2) is 24.2 Å². The molecule has 2 atom stereocenters. The summed E-state index contributed by atoms with van der Waals surface area (Å²) in [5.41, 5.74) is -0.688. The van der Waals surface area contributed by atoms with E-state index in [1.807, 2.05) is 0 Å². The average Bonchev–Trinajstić information content (AvgIpc) is 2.76. The number of rotatable bonds is 2. The summed E-state index contributed by atoms with van der Waals surface area (Å²) in [7, 11) is 0. The molecule has 1 saturated heterocycles. The summed E-state index contributed by atoms with van der Waals surface area (Å²) in [5.74, 6) is -2.52. The lowest BCUT2D eigenvalue weighted by atomic mass is 9.86. The molecule has 0 aromatic heterocycles. The molecule has 1 heterocycles. The van der Waals surface area contributed by atoms with E-state index in [9.17, 15) is 18.0 Å². The molecule has 0 amide bonds. The van der Waals surface area contributed by atoms with Crippen LogP contribution < -0.4 is 5.32 Å². The first-order chi connectivity index (χ1) is 8.41. The van der Waals surface area contributed by atoms with Gasteiger partial charge in [0.05, 0.1) is 11.5 Å². The number of hydrogen-bond acceptors (Lipinski definition) is 2. The maximum atomic E-state index is 12.9. The molecule has 6 heteroatoms. The number of carboxylic acid groups (broad SMARTS) is 1. The summed E-state index contributed by atoms with van der Waals surface area (Å²) in [6.45, 7) is 0.455. The van der Waals surface area contributed by atoms with Gasteiger partial charge >= 0.3 is 12.1 Å². The normalized spacial score (nSPS) is 24.2. The molecular formula is C12H12F3NO2. The number of benzene rings is 1. The molecule has 18 heavy (non-hydrogen) atoms. The van der Waals surface area contributed by atoms with Crippen LogP contribution in [0.15, 0.2) is 24.3 Å². The van der Waals surface area contributed by atoms with Gasteiger partial charge in [-0.2, -0.15) is 13.2 Å². The second kappa shape index (κ2) is 4.61. The predicted octanol–water partition coefficient (Wildman–Crippen LogP) is 2.09. The largest absolute Gasteiger partial charge is 0.481 e. The van der Waals surface area contributed by atoms with E-state index in [4.69, 9.17) is 5.11 Å². The van der Waals surface area contributed by atoms with E-state index in [1.165, 1.54) is 18.2 Å². The zero-order valence-corrected chi connectivity index (χ0v) is 9.37. The van der Waals surface area contributed by atoms with Crippen LogP contribution in [0.2, 0.25) is 0 Å². The van der Waals surface area contributed by atoms with Gasteiger partial charge in [0, 0.05) is 19.0 Å². The summed E-state index contributed by atoms with van der Waals surface area (Å²) < 4.78 is 38.6. The highest BCUT2D eigenvalue weighted by Gasteiger charge is 2.40. The van der Waals surface area contributed by atoms with Crippen LogP contribution in [0, 0.1) is 5.92 Å². The Morgan fingerprint density at radius 3 is 2.56 bits per heavy atom. The summed E-state index contributed by atoms with van der Waals surface area (Å²) in [6, 6.07) is 5.16. The maximum absolute atomic E-state index is 12.9. The molecule has 0 bridgehead atoms. The maximum Gasteiger partial charge on any atom is 0.416 e. The molecule has 98 valence electrons. The molecule has 0 unspecified atom stereocenters. The highest BCUT2D eigenvalue weighted by Crippen LogP contribution is 2.38. The Kier molecular flexibility index (Phi) is 3.30. The van der Waals surface area contributed by atoms with Gasteiger partial charge in [0.1, 0.15) is 0 Å². The molecule has 1 aliphatic heterocycles. The fraction of sp³-hybridized carbons (Fsp3) is 0.417. The molecule has 3 nitrogen and oxygen atoms in total. The molecule has 1 fully saturated rings. The second-order valence-electron chi connectivity index (χ2n) is 4.29.